The number of carbonyl (C=O) groups is 1. The molecular formula is C11H12N4OS. The molecule has 2 rings (SSSR count). The van der Waals surface area contributed by atoms with Gasteiger partial charge >= 0.3 is 0 Å². The molecule has 2 heterocycles. The number of aromatic nitrogens is 2. The molecule has 3 N–H and O–H groups in total. The summed E-state index contributed by atoms with van der Waals surface area (Å²) >= 11 is 1.40. The lowest BCUT2D eigenvalue weighted by Crippen LogP contribution is -2.04. The molecule has 0 aromatic carbocycles. The number of amides is 1. The van der Waals surface area contributed by atoms with Crippen molar-refractivity contribution in [3.05, 3.63) is 24.0 Å². The first-order valence-electron chi connectivity index (χ1n) is 5.03. The van der Waals surface area contributed by atoms with Crippen molar-refractivity contribution in [1.29, 1.82) is 0 Å². The van der Waals surface area contributed by atoms with Crippen LogP contribution in [0.2, 0.25) is 0 Å². The molecule has 0 aliphatic rings. The highest BCUT2D eigenvalue weighted by molar-refractivity contribution is 7.19. The third-order valence-corrected chi connectivity index (χ3v) is 3.19. The maximum Gasteiger partial charge on any atom is 0.223 e. The number of aryl methyl sites for hydroxylation is 1. The van der Waals surface area contributed by atoms with Crippen LogP contribution in [0.15, 0.2) is 18.3 Å². The summed E-state index contributed by atoms with van der Waals surface area (Å²) in [5, 5.41) is 3.25. The van der Waals surface area contributed by atoms with E-state index in [1.54, 1.807) is 12.3 Å². The lowest BCUT2D eigenvalue weighted by atomic mass is 10.2. The first-order valence-corrected chi connectivity index (χ1v) is 5.85. The number of nitrogens with zero attached hydrogens (tertiary/aromatic N) is 2. The molecule has 2 aromatic heterocycles. The van der Waals surface area contributed by atoms with Gasteiger partial charge < -0.3 is 11.1 Å². The number of carbonyl (C=O) groups excluding carboxylic acids is 1. The Morgan fingerprint density at radius 2 is 2.24 bits per heavy atom. The van der Waals surface area contributed by atoms with E-state index in [2.05, 4.69) is 15.3 Å². The average molecular weight is 248 g/mol. The minimum absolute atomic E-state index is 0.129. The molecule has 6 heteroatoms. The van der Waals surface area contributed by atoms with Gasteiger partial charge in [0.1, 0.15) is 0 Å². The first kappa shape index (κ1) is 11.5. The Labute approximate surface area is 103 Å². The summed E-state index contributed by atoms with van der Waals surface area (Å²) in [7, 11) is 0. The topological polar surface area (TPSA) is 80.9 Å². The van der Waals surface area contributed by atoms with Crippen LogP contribution < -0.4 is 11.1 Å². The maximum absolute atomic E-state index is 10.9. The summed E-state index contributed by atoms with van der Waals surface area (Å²) in [4.78, 5) is 20.4. The quantitative estimate of drug-likeness (QED) is 0.852. The number of rotatable bonds is 2. The van der Waals surface area contributed by atoms with Crippen LogP contribution in [0.25, 0.3) is 10.6 Å². The van der Waals surface area contributed by atoms with E-state index in [9.17, 15) is 4.79 Å². The van der Waals surface area contributed by atoms with Crippen LogP contribution in [0.5, 0.6) is 0 Å². The van der Waals surface area contributed by atoms with Crippen molar-refractivity contribution in [1.82, 2.24) is 9.97 Å². The highest BCUT2D eigenvalue weighted by Crippen LogP contribution is 2.31. The van der Waals surface area contributed by atoms with Gasteiger partial charge in [-0.15, -0.1) is 0 Å². The molecule has 0 aliphatic heterocycles. The van der Waals surface area contributed by atoms with Gasteiger partial charge in [0, 0.05) is 6.92 Å². The van der Waals surface area contributed by atoms with Crippen LogP contribution in [0.3, 0.4) is 0 Å². The van der Waals surface area contributed by atoms with Gasteiger partial charge in [0.15, 0.2) is 5.13 Å². The van der Waals surface area contributed by atoms with E-state index in [1.807, 2.05) is 13.0 Å². The predicted molar refractivity (Wildman–Crippen MR) is 68.8 cm³/mol. The van der Waals surface area contributed by atoms with Crippen molar-refractivity contribution in [3.8, 4) is 10.6 Å². The average Bonchev–Trinajstić information content (AvgIpc) is 2.59. The number of thiazole rings is 1. The molecule has 0 saturated carbocycles. The van der Waals surface area contributed by atoms with Crippen molar-refractivity contribution in [2.45, 2.75) is 13.8 Å². The lowest BCUT2D eigenvalue weighted by molar-refractivity contribution is -0.114. The fourth-order valence-corrected chi connectivity index (χ4v) is 2.37. The van der Waals surface area contributed by atoms with E-state index in [1.165, 1.54) is 18.3 Å². The third-order valence-electron chi connectivity index (χ3n) is 2.10. The summed E-state index contributed by atoms with van der Waals surface area (Å²) in [6.45, 7) is 3.34. The molecule has 0 fully saturated rings. The summed E-state index contributed by atoms with van der Waals surface area (Å²) in [6, 6.07) is 3.63. The predicted octanol–water partition coefficient (Wildman–Crippen LogP) is 2.05. The summed E-state index contributed by atoms with van der Waals surface area (Å²) in [6.07, 6.45) is 1.60. The number of hydrogen-bond donors (Lipinski definition) is 2. The lowest BCUT2D eigenvalue weighted by Gasteiger charge is -1.97. The highest BCUT2D eigenvalue weighted by atomic mass is 32.1. The molecule has 88 valence electrons. The second-order valence-corrected chi connectivity index (χ2v) is 4.59. The van der Waals surface area contributed by atoms with Gasteiger partial charge in [-0.05, 0) is 19.1 Å². The molecule has 17 heavy (non-hydrogen) atoms. The Hall–Kier alpha value is -1.95. The van der Waals surface area contributed by atoms with E-state index < -0.39 is 0 Å². The fourth-order valence-electron chi connectivity index (χ4n) is 1.38. The standard InChI is InChI=1S/C11H12N4OS/c1-6-10(9-4-3-8(12)5-13-9)17-11(14-6)15-7(2)16/h3-5H,12H2,1-2H3,(H,14,15,16). The number of nitrogen functional groups attached to an aromatic ring is 1. The van der Waals surface area contributed by atoms with Crippen molar-refractivity contribution in [2.75, 3.05) is 11.1 Å². The van der Waals surface area contributed by atoms with Crippen molar-refractivity contribution >= 4 is 28.1 Å². The largest absolute Gasteiger partial charge is 0.397 e. The minimum atomic E-state index is -0.129. The van der Waals surface area contributed by atoms with Crippen LogP contribution >= 0.6 is 11.3 Å². The van der Waals surface area contributed by atoms with Crippen LogP contribution in [-0.2, 0) is 4.79 Å². The molecule has 1 amide bonds. The molecule has 0 unspecified atom stereocenters. The highest BCUT2D eigenvalue weighted by Gasteiger charge is 2.11. The summed E-state index contributed by atoms with van der Waals surface area (Å²) in [5.74, 6) is -0.129. The maximum atomic E-state index is 10.9. The Kier molecular flexibility index (Phi) is 3.06. The van der Waals surface area contributed by atoms with E-state index in [4.69, 9.17) is 5.73 Å². The van der Waals surface area contributed by atoms with Crippen molar-refractivity contribution in [2.24, 2.45) is 0 Å². The van der Waals surface area contributed by atoms with E-state index in [0.717, 1.165) is 16.3 Å². The zero-order valence-electron chi connectivity index (χ0n) is 9.52. The summed E-state index contributed by atoms with van der Waals surface area (Å²) < 4.78 is 0. The zero-order valence-corrected chi connectivity index (χ0v) is 10.3. The molecule has 5 nitrogen and oxygen atoms in total. The number of pyridine rings is 1. The Bertz CT molecular complexity index is 547. The molecule has 0 spiro atoms. The third kappa shape index (κ3) is 2.59. The van der Waals surface area contributed by atoms with Gasteiger partial charge in [-0.3, -0.25) is 9.78 Å². The summed E-state index contributed by atoms with van der Waals surface area (Å²) in [5.41, 5.74) is 7.86. The van der Waals surface area contributed by atoms with Gasteiger partial charge in [-0.25, -0.2) is 4.98 Å². The second-order valence-electron chi connectivity index (χ2n) is 3.59. The molecule has 0 saturated heterocycles. The van der Waals surface area contributed by atoms with Crippen LogP contribution in [-0.4, -0.2) is 15.9 Å². The Morgan fingerprint density at radius 1 is 1.47 bits per heavy atom. The first-order chi connectivity index (χ1) is 8.06. The monoisotopic (exact) mass is 248 g/mol. The van der Waals surface area contributed by atoms with E-state index >= 15 is 0 Å². The van der Waals surface area contributed by atoms with Gasteiger partial charge in [-0.2, -0.15) is 0 Å². The van der Waals surface area contributed by atoms with Gasteiger partial charge in [0.2, 0.25) is 5.91 Å². The molecule has 0 bridgehead atoms. The number of nitrogens with one attached hydrogen (secondary N) is 1. The van der Waals surface area contributed by atoms with E-state index in [-0.39, 0.29) is 5.91 Å². The van der Waals surface area contributed by atoms with Crippen LogP contribution in [0.4, 0.5) is 10.8 Å². The Balaban J connectivity index is 2.35. The minimum Gasteiger partial charge on any atom is -0.397 e. The molecule has 0 aliphatic carbocycles. The molecular weight excluding hydrogens is 236 g/mol. The fraction of sp³-hybridized carbons (Fsp3) is 0.182. The van der Waals surface area contributed by atoms with Gasteiger partial charge in [-0.1, -0.05) is 11.3 Å². The molecule has 0 atom stereocenters. The number of nitrogens with two attached hydrogens (primary N) is 1. The van der Waals surface area contributed by atoms with Crippen molar-refractivity contribution in [3.63, 3.8) is 0 Å². The van der Waals surface area contributed by atoms with Crippen LogP contribution in [0.1, 0.15) is 12.6 Å². The van der Waals surface area contributed by atoms with Gasteiger partial charge in [0.05, 0.1) is 28.1 Å². The SMILES string of the molecule is CC(=O)Nc1nc(C)c(-c2ccc(N)cn2)s1. The zero-order chi connectivity index (χ0) is 12.4. The van der Waals surface area contributed by atoms with Crippen molar-refractivity contribution < 1.29 is 4.79 Å². The normalized spacial score (nSPS) is 10.2. The van der Waals surface area contributed by atoms with Crippen LogP contribution in [0, 0.1) is 6.92 Å². The second kappa shape index (κ2) is 4.50. The number of anilines is 2. The Morgan fingerprint density at radius 3 is 2.82 bits per heavy atom. The molecule has 0 radical (unpaired) electrons. The smallest absolute Gasteiger partial charge is 0.223 e. The van der Waals surface area contributed by atoms with Gasteiger partial charge in [0.25, 0.3) is 0 Å². The molecule has 2 aromatic rings. The number of hydrogen-bond acceptors (Lipinski definition) is 5. The van der Waals surface area contributed by atoms with E-state index in [0.29, 0.717) is 10.8 Å².